The highest BCUT2D eigenvalue weighted by atomic mass is 32.1. The number of nitrogens with one attached hydrogen (secondary N) is 2. The summed E-state index contributed by atoms with van der Waals surface area (Å²) >= 11 is 5.21. The molecular weight excluding hydrogens is 282 g/mol. The zero-order valence-corrected chi connectivity index (χ0v) is 13.2. The summed E-state index contributed by atoms with van der Waals surface area (Å²) in [6.45, 7) is 6.19. The normalized spacial score (nSPS) is 11.5. The molecule has 4 nitrogen and oxygen atoms in total. The minimum atomic E-state index is 0.443. The number of nitrogens with zero attached hydrogens (tertiary/aromatic N) is 1. The van der Waals surface area contributed by atoms with Crippen LogP contribution in [0.25, 0.3) is 0 Å². The van der Waals surface area contributed by atoms with E-state index in [0.717, 1.165) is 11.4 Å². The van der Waals surface area contributed by atoms with Gasteiger partial charge in [-0.1, -0.05) is 26.0 Å². The van der Waals surface area contributed by atoms with E-state index in [2.05, 4.69) is 41.8 Å². The van der Waals surface area contributed by atoms with Gasteiger partial charge in [0.25, 0.3) is 0 Å². The maximum atomic E-state index is 5.25. The maximum absolute atomic E-state index is 5.25. The number of hydrazone groups is 1. The fourth-order valence-electron chi connectivity index (χ4n) is 1.78. The average molecular weight is 301 g/mol. The summed E-state index contributed by atoms with van der Waals surface area (Å²) in [7, 11) is 0. The third-order valence-corrected chi connectivity index (χ3v) is 3.23. The van der Waals surface area contributed by atoms with Crippen LogP contribution >= 0.6 is 12.2 Å². The van der Waals surface area contributed by atoms with Crippen LogP contribution in [0.5, 0.6) is 0 Å². The van der Waals surface area contributed by atoms with Crippen LogP contribution in [0, 0.1) is 0 Å². The van der Waals surface area contributed by atoms with E-state index in [4.69, 9.17) is 16.6 Å². The molecule has 2 rings (SSSR count). The predicted octanol–water partition coefficient (Wildman–Crippen LogP) is 4.11. The van der Waals surface area contributed by atoms with Crippen molar-refractivity contribution in [2.45, 2.75) is 26.7 Å². The minimum absolute atomic E-state index is 0.443. The number of hydrogen-bond donors (Lipinski definition) is 2. The smallest absolute Gasteiger partial charge is 0.191 e. The molecule has 0 atom stereocenters. The first-order chi connectivity index (χ1) is 10.1. The first-order valence-electron chi connectivity index (χ1n) is 6.81. The second-order valence-corrected chi connectivity index (χ2v) is 5.43. The zero-order valence-electron chi connectivity index (χ0n) is 12.4. The van der Waals surface area contributed by atoms with Crippen molar-refractivity contribution in [3.05, 3.63) is 54.0 Å². The number of anilines is 1. The van der Waals surface area contributed by atoms with Crippen LogP contribution in [0.4, 0.5) is 5.69 Å². The van der Waals surface area contributed by atoms with E-state index < -0.39 is 0 Å². The molecule has 0 saturated carbocycles. The summed E-state index contributed by atoms with van der Waals surface area (Å²) in [6, 6.07) is 11.9. The maximum Gasteiger partial charge on any atom is 0.191 e. The molecule has 0 radical (unpaired) electrons. The van der Waals surface area contributed by atoms with Crippen molar-refractivity contribution in [1.29, 1.82) is 0 Å². The third-order valence-electron chi connectivity index (χ3n) is 3.04. The second-order valence-electron chi connectivity index (χ2n) is 5.02. The highest BCUT2D eigenvalue weighted by Crippen LogP contribution is 2.16. The van der Waals surface area contributed by atoms with Gasteiger partial charge in [-0.15, -0.1) is 0 Å². The van der Waals surface area contributed by atoms with Gasteiger partial charge < -0.3 is 9.73 Å². The Labute approximate surface area is 130 Å². The highest BCUT2D eigenvalue weighted by molar-refractivity contribution is 7.80. The Morgan fingerprint density at radius 2 is 1.90 bits per heavy atom. The van der Waals surface area contributed by atoms with E-state index in [1.54, 1.807) is 6.26 Å². The standard InChI is InChI=1S/C16H19N3OS/c1-11(2)13-6-8-14(9-7-13)17-16(21)19-18-12(3)15-5-4-10-20-15/h4-11H,1-3H3,(H2,17,19,21). The van der Waals surface area contributed by atoms with Crippen molar-refractivity contribution < 1.29 is 4.42 Å². The lowest BCUT2D eigenvalue weighted by Gasteiger charge is -2.09. The molecule has 0 bridgehead atoms. The van der Waals surface area contributed by atoms with E-state index in [9.17, 15) is 0 Å². The monoisotopic (exact) mass is 301 g/mol. The third kappa shape index (κ3) is 4.43. The van der Waals surface area contributed by atoms with E-state index in [1.807, 2.05) is 31.2 Å². The van der Waals surface area contributed by atoms with Crippen LogP contribution in [-0.2, 0) is 0 Å². The first-order valence-corrected chi connectivity index (χ1v) is 7.22. The number of thiocarbonyl (C=S) groups is 1. The molecule has 1 aromatic heterocycles. The highest BCUT2D eigenvalue weighted by Gasteiger charge is 2.02. The second kappa shape index (κ2) is 7.04. The van der Waals surface area contributed by atoms with Gasteiger partial charge in [0.15, 0.2) is 5.11 Å². The topological polar surface area (TPSA) is 49.6 Å². The number of benzene rings is 1. The molecule has 0 fully saturated rings. The Balaban J connectivity index is 1.91. The lowest BCUT2D eigenvalue weighted by molar-refractivity contribution is 0.556. The van der Waals surface area contributed by atoms with Gasteiger partial charge in [0.2, 0.25) is 0 Å². The van der Waals surface area contributed by atoms with Gasteiger partial charge in [0.05, 0.1) is 6.26 Å². The average Bonchev–Trinajstić information content (AvgIpc) is 2.99. The first kappa shape index (κ1) is 15.3. The van der Waals surface area contributed by atoms with Gasteiger partial charge in [-0.25, -0.2) is 0 Å². The molecule has 0 saturated heterocycles. The molecule has 0 aliphatic carbocycles. The molecule has 110 valence electrons. The Morgan fingerprint density at radius 3 is 2.48 bits per heavy atom. The van der Waals surface area contributed by atoms with Gasteiger partial charge in [-0.3, -0.25) is 5.43 Å². The number of rotatable bonds is 4. The fourth-order valence-corrected chi connectivity index (χ4v) is 1.95. The van der Waals surface area contributed by atoms with Crippen LogP contribution in [0.2, 0.25) is 0 Å². The Kier molecular flexibility index (Phi) is 5.11. The molecule has 0 spiro atoms. The molecule has 1 heterocycles. The van der Waals surface area contributed by atoms with Crippen LogP contribution < -0.4 is 10.7 Å². The van der Waals surface area contributed by atoms with Crippen LogP contribution in [-0.4, -0.2) is 10.8 Å². The molecule has 21 heavy (non-hydrogen) atoms. The molecule has 0 amide bonds. The lowest BCUT2D eigenvalue weighted by atomic mass is 10.0. The quantitative estimate of drug-likeness (QED) is 0.507. The van der Waals surface area contributed by atoms with E-state index in [1.165, 1.54) is 5.56 Å². The minimum Gasteiger partial charge on any atom is -0.463 e. The largest absolute Gasteiger partial charge is 0.463 e. The summed E-state index contributed by atoms with van der Waals surface area (Å²) in [4.78, 5) is 0. The lowest BCUT2D eigenvalue weighted by Crippen LogP contribution is -2.24. The number of hydrogen-bond acceptors (Lipinski definition) is 3. The van der Waals surface area contributed by atoms with Crippen LogP contribution in [0.15, 0.2) is 52.2 Å². The predicted molar refractivity (Wildman–Crippen MR) is 90.8 cm³/mol. The van der Waals surface area contributed by atoms with Crippen molar-refractivity contribution >= 4 is 28.7 Å². The van der Waals surface area contributed by atoms with E-state index >= 15 is 0 Å². The summed E-state index contributed by atoms with van der Waals surface area (Å²) in [5.74, 6) is 1.23. The number of furan rings is 1. The van der Waals surface area contributed by atoms with E-state index in [-0.39, 0.29) is 0 Å². The molecule has 1 aromatic carbocycles. The Bertz CT molecular complexity index is 615. The van der Waals surface area contributed by atoms with E-state index in [0.29, 0.717) is 16.8 Å². The molecular formula is C16H19N3OS. The molecule has 2 aromatic rings. The molecule has 2 N–H and O–H groups in total. The van der Waals surface area contributed by atoms with Crippen LogP contribution in [0.1, 0.15) is 38.0 Å². The van der Waals surface area contributed by atoms with Gasteiger partial charge in [0, 0.05) is 5.69 Å². The van der Waals surface area contributed by atoms with Crippen molar-refractivity contribution in [3.8, 4) is 0 Å². The van der Waals surface area contributed by atoms with Gasteiger partial charge in [-0.2, -0.15) is 5.10 Å². The van der Waals surface area contributed by atoms with Crippen molar-refractivity contribution in [2.75, 3.05) is 5.32 Å². The zero-order chi connectivity index (χ0) is 15.2. The fraction of sp³-hybridized carbons (Fsp3) is 0.250. The van der Waals surface area contributed by atoms with Gasteiger partial charge >= 0.3 is 0 Å². The molecule has 0 unspecified atom stereocenters. The van der Waals surface area contributed by atoms with Gasteiger partial charge in [0.1, 0.15) is 11.5 Å². The molecule has 5 heteroatoms. The molecule has 0 aliphatic rings. The molecule has 0 aliphatic heterocycles. The summed E-state index contributed by atoms with van der Waals surface area (Å²) in [5.41, 5.74) is 5.77. The van der Waals surface area contributed by atoms with Gasteiger partial charge in [-0.05, 0) is 54.9 Å². The Morgan fingerprint density at radius 1 is 1.19 bits per heavy atom. The SMILES string of the molecule is CC(=NNC(=S)Nc1ccc(C(C)C)cc1)c1ccco1. The summed E-state index contributed by atoms with van der Waals surface area (Å²) in [5, 5.41) is 7.71. The Hall–Kier alpha value is -2.14. The van der Waals surface area contributed by atoms with Crippen molar-refractivity contribution in [2.24, 2.45) is 5.10 Å². The van der Waals surface area contributed by atoms with Crippen molar-refractivity contribution in [3.63, 3.8) is 0 Å². The summed E-state index contributed by atoms with van der Waals surface area (Å²) in [6.07, 6.45) is 1.61. The van der Waals surface area contributed by atoms with Crippen LogP contribution in [0.3, 0.4) is 0 Å². The summed E-state index contributed by atoms with van der Waals surface area (Å²) < 4.78 is 5.25. The van der Waals surface area contributed by atoms with Crippen molar-refractivity contribution in [1.82, 2.24) is 5.43 Å².